The molecule has 9 N–H and O–H groups in total. The van der Waals surface area contributed by atoms with E-state index >= 15 is 0 Å². The van der Waals surface area contributed by atoms with E-state index in [1.54, 1.807) is 18.2 Å². The summed E-state index contributed by atoms with van der Waals surface area (Å²) in [6, 6.07) is 3.61. The number of carbonyl (C=O) groups excluding carboxylic acids is 5. The molecule has 0 unspecified atom stereocenters. The third-order valence-electron chi connectivity index (χ3n) is 5.24. The Morgan fingerprint density at radius 3 is 2.21 bits per heavy atom. The van der Waals surface area contributed by atoms with Crippen molar-refractivity contribution in [1.82, 2.24) is 16.0 Å². The van der Waals surface area contributed by atoms with E-state index in [-0.39, 0.29) is 18.3 Å². The zero-order valence-electron chi connectivity index (χ0n) is 20.5. The zero-order valence-corrected chi connectivity index (χ0v) is 20.5. The molecule has 0 saturated carbocycles. The van der Waals surface area contributed by atoms with Crippen molar-refractivity contribution in [2.45, 2.75) is 56.2 Å². The van der Waals surface area contributed by atoms with E-state index < -0.39 is 85.7 Å². The van der Waals surface area contributed by atoms with Gasteiger partial charge in [0.1, 0.15) is 49.3 Å². The predicted octanol–water partition coefficient (Wildman–Crippen LogP) is -3.58. The van der Waals surface area contributed by atoms with Crippen LogP contribution in [0.5, 0.6) is 0 Å². The third-order valence-corrected chi connectivity index (χ3v) is 5.24. The summed E-state index contributed by atoms with van der Waals surface area (Å²) >= 11 is 0. The average molecular weight is 541 g/mol. The first kappa shape index (κ1) is 32.1. The zero-order chi connectivity index (χ0) is 28.8. The molecule has 38 heavy (non-hydrogen) atoms. The lowest BCUT2D eigenvalue weighted by Crippen LogP contribution is -2.56. The molecule has 0 aliphatic rings. The van der Waals surface area contributed by atoms with Crippen molar-refractivity contribution in [2.24, 2.45) is 5.73 Å². The summed E-state index contributed by atoms with van der Waals surface area (Å²) in [5.41, 5.74) is 5.33. The SMILES string of the molecule is C[C@H](NC(=O)CO[C@@H]([C@H](O)[C@H](O)CO)[C@H](C=O)NC(=O)c1ccccc1)C(=O)N[C@H](CCC(=O)O)C(N)=O. The lowest BCUT2D eigenvalue weighted by atomic mass is 10.0. The summed E-state index contributed by atoms with van der Waals surface area (Å²) in [6.45, 7) is -0.536. The summed E-state index contributed by atoms with van der Waals surface area (Å²) in [5, 5.41) is 44.9. The first-order chi connectivity index (χ1) is 17.9. The standard InChI is InChI=1S/C23H32N4O11/c1-12(22(36)26-14(21(24)35)7-8-18(32)33)25-17(31)11-38-20(19(34)16(30)10-29)15(9-28)27-23(37)13-5-3-2-4-6-13/h2-6,9,12,14-16,19-20,29-30,34H,7-8,10-11H2,1H3,(H2,24,35)(H,25,31)(H,26,36)(H,27,37)(H,32,33)/t12-,14+,15-,16+,19+,20+/m0/s1. The van der Waals surface area contributed by atoms with Gasteiger partial charge in [0.2, 0.25) is 17.7 Å². The predicted molar refractivity (Wildman–Crippen MR) is 128 cm³/mol. The van der Waals surface area contributed by atoms with Crippen molar-refractivity contribution in [3.63, 3.8) is 0 Å². The van der Waals surface area contributed by atoms with Crippen molar-refractivity contribution in [3.05, 3.63) is 35.9 Å². The average Bonchev–Trinajstić information content (AvgIpc) is 2.89. The smallest absolute Gasteiger partial charge is 0.303 e. The van der Waals surface area contributed by atoms with Gasteiger partial charge in [-0.3, -0.25) is 24.0 Å². The van der Waals surface area contributed by atoms with Crippen LogP contribution in [-0.2, 0) is 28.7 Å². The lowest BCUT2D eigenvalue weighted by Gasteiger charge is -2.30. The van der Waals surface area contributed by atoms with Crippen molar-refractivity contribution < 1.29 is 53.9 Å². The Hall–Kier alpha value is -3.92. The highest BCUT2D eigenvalue weighted by Gasteiger charge is 2.35. The molecule has 0 radical (unpaired) electrons. The Labute approximate surface area is 217 Å². The van der Waals surface area contributed by atoms with Crippen molar-refractivity contribution in [1.29, 1.82) is 0 Å². The largest absolute Gasteiger partial charge is 0.481 e. The molecule has 0 aromatic heterocycles. The molecule has 1 aromatic carbocycles. The molecule has 1 rings (SSSR count). The number of aliphatic hydroxyl groups excluding tert-OH is 3. The van der Waals surface area contributed by atoms with Crippen LogP contribution in [0.15, 0.2) is 30.3 Å². The molecule has 0 bridgehead atoms. The highest BCUT2D eigenvalue weighted by Crippen LogP contribution is 2.11. The van der Waals surface area contributed by atoms with E-state index in [4.69, 9.17) is 15.6 Å². The van der Waals surface area contributed by atoms with E-state index in [1.165, 1.54) is 19.1 Å². The summed E-state index contributed by atoms with van der Waals surface area (Å²) < 4.78 is 5.29. The van der Waals surface area contributed by atoms with Gasteiger partial charge in [-0.25, -0.2) is 0 Å². The number of hydrogen-bond acceptors (Lipinski definition) is 10. The topological polar surface area (TPSA) is 255 Å². The number of carboxylic acids is 1. The number of hydrogen-bond donors (Lipinski definition) is 8. The van der Waals surface area contributed by atoms with Crippen LogP contribution in [0.4, 0.5) is 0 Å². The van der Waals surface area contributed by atoms with Crippen molar-refractivity contribution >= 4 is 35.9 Å². The molecule has 6 atom stereocenters. The second-order valence-electron chi connectivity index (χ2n) is 8.20. The number of carboxylic acid groups (broad SMARTS) is 1. The number of amides is 4. The van der Waals surface area contributed by atoms with E-state index in [0.29, 0.717) is 0 Å². The first-order valence-electron chi connectivity index (χ1n) is 11.4. The number of primary amides is 1. The van der Waals surface area contributed by atoms with Gasteiger partial charge < -0.3 is 51.6 Å². The number of rotatable bonds is 17. The molecule has 0 aliphatic heterocycles. The van der Waals surface area contributed by atoms with Gasteiger partial charge in [-0.1, -0.05) is 18.2 Å². The number of benzene rings is 1. The van der Waals surface area contributed by atoms with Crippen LogP contribution in [0.1, 0.15) is 30.1 Å². The molecule has 0 spiro atoms. The van der Waals surface area contributed by atoms with Crippen LogP contribution in [0, 0.1) is 0 Å². The Bertz CT molecular complexity index is 975. The fourth-order valence-electron chi connectivity index (χ4n) is 3.13. The Balaban J connectivity index is 2.84. The van der Waals surface area contributed by atoms with Gasteiger partial charge in [0.15, 0.2) is 0 Å². The summed E-state index contributed by atoms with van der Waals surface area (Å²) in [6.07, 6.45) is -5.88. The van der Waals surface area contributed by atoms with Crippen LogP contribution < -0.4 is 21.7 Å². The van der Waals surface area contributed by atoms with E-state index in [0.717, 1.165) is 0 Å². The fourth-order valence-corrected chi connectivity index (χ4v) is 3.13. The monoisotopic (exact) mass is 540 g/mol. The molecule has 0 aliphatic carbocycles. The van der Waals surface area contributed by atoms with Gasteiger partial charge in [-0.05, 0) is 25.5 Å². The van der Waals surface area contributed by atoms with Gasteiger partial charge in [0.05, 0.1) is 6.61 Å². The highest BCUT2D eigenvalue weighted by molar-refractivity contribution is 5.95. The molecule has 0 heterocycles. The van der Waals surface area contributed by atoms with Gasteiger partial charge >= 0.3 is 5.97 Å². The highest BCUT2D eigenvalue weighted by atomic mass is 16.5. The van der Waals surface area contributed by atoms with Gasteiger partial charge in [-0.2, -0.15) is 0 Å². The van der Waals surface area contributed by atoms with Crippen molar-refractivity contribution in [2.75, 3.05) is 13.2 Å². The number of nitrogens with two attached hydrogens (primary N) is 1. The quantitative estimate of drug-likeness (QED) is 0.0896. The van der Waals surface area contributed by atoms with Gasteiger partial charge in [0, 0.05) is 12.0 Å². The number of aldehydes is 1. The second kappa shape index (κ2) is 16.0. The maximum atomic E-state index is 12.5. The first-order valence-corrected chi connectivity index (χ1v) is 11.4. The molecule has 210 valence electrons. The maximum Gasteiger partial charge on any atom is 0.303 e. The molecule has 4 amide bonds. The number of ether oxygens (including phenoxy) is 1. The van der Waals surface area contributed by atoms with Gasteiger partial charge in [-0.15, -0.1) is 0 Å². The molecular weight excluding hydrogens is 508 g/mol. The molecule has 1 aromatic rings. The number of aliphatic hydroxyl groups is 3. The number of nitrogens with one attached hydrogen (secondary N) is 3. The third kappa shape index (κ3) is 10.6. The van der Waals surface area contributed by atoms with Crippen molar-refractivity contribution in [3.8, 4) is 0 Å². The molecular formula is C23H32N4O11. The van der Waals surface area contributed by atoms with E-state index in [9.17, 15) is 44.1 Å². The minimum absolute atomic E-state index is 0.172. The summed E-state index contributed by atoms with van der Waals surface area (Å²) in [5.74, 6) is -4.69. The molecule has 15 nitrogen and oxygen atoms in total. The molecule has 15 heteroatoms. The van der Waals surface area contributed by atoms with E-state index in [1.807, 2.05) is 0 Å². The Morgan fingerprint density at radius 2 is 1.68 bits per heavy atom. The minimum Gasteiger partial charge on any atom is -0.481 e. The van der Waals surface area contributed by atoms with Crippen LogP contribution in [0.2, 0.25) is 0 Å². The van der Waals surface area contributed by atoms with Gasteiger partial charge in [0.25, 0.3) is 5.91 Å². The normalized spacial score (nSPS) is 15.6. The molecule has 0 saturated heterocycles. The van der Waals surface area contributed by atoms with Crippen LogP contribution >= 0.6 is 0 Å². The van der Waals surface area contributed by atoms with Crippen LogP contribution in [-0.4, -0.2) is 106 Å². The Morgan fingerprint density at radius 1 is 1.05 bits per heavy atom. The number of carbonyl (C=O) groups is 6. The van der Waals surface area contributed by atoms with Crippen LogP contribution in [0.3, 0.4) is 0 Å². The fraction of sp³-hybridized carbons (Fsp3) is 0.478. The minimum atomic E-state index is -1.91. The van der Waals surface area contributed by atoms with E-state index in [2.05, 4.69) is 16.0 Å². The molecule has 0 fully saturated rings. The number of aliphatic carboxylic acids is 1. The maximum absolute atomic E-state index is 12.5. The summed E-state index contributed by atoms with van der Waals surface area (Å²) in [7, 11) is 0. The Kier molecular flexibility index (Phi) is 13.5. The lowest BCUT2D eigenvalue weighted by molar-refractivity contribution is -0.144. The second-order valence-corrected chi connectivity index (χ2v) is 8.20. The van der Waals surface area contributed by atoms with Crippen LogP contribution in [0.25, 0.3) is 0 Å². The summed E-state index contributed by atoms with van der Waals surface area (Å²) in [4.78, 5) is 71.0.